The average molecular weight is 317 g/mol. The summed E-state index contributed by atoms with van der Waals surface area (Å²) in [5.74, 6) is -2.01. The molecule has 0 bridgehead atoms. The Balaban J connectivity index is 2.27. The highest BCUT2D eigenvalue weighted by Crippen LogP contribution is 2.23. The van der Waals surface area contributed by atoms with Gasteiger partial charge in [0.25, 0.3) is 5.91 Å². The fraction of sp³-hybridized carbons (Fsp3) is 0.533. The molecule has 0 aliphatic carbocycles. The predicted octanol–water partition coefficient (Wildman–Crippen LogP) is 3.22. The highest BCUT2D eigenvalue weighted by Gasteiger charge is 2.27. The van der Waals surface area contributed by atoms with Crippen LogP contribution >= 0.6 is 11.6 Å². The van der Waals surface area contributed by atoms with Gasteiger partial charge in [-0.25, -0.2) is 8.78 Å². The summed E-state index contributed by atoms with van der Waals surface area (Å²) in [5, 5.41) is 2.92. The number of nitrogens with one attached hydrogen (secondary N) is 1. The van der Waals surface area contributed by atoms with E-state index in [-0.39, 0.29) is 16.6 Å². The third-order valence-electron chi connectivity index (χ3n) is 3.72. The number of hydrogen-bond donors (Lipinski definition) is 1. The molecule has 3 nitrogen and oxygen atoms in total. The van der Waals surface area contributed by atoms with E-state index in [0.717, 1.165) is 44.5 Å². The van der Waals surface area contributed by atoms with Gasteiger partial charge in [-0.15, -0.1) is 0 Å². The van der Waals surface area contributed by atoms with Crippen molar-refractivity contribution in [3.63, 3.8) is 0 Å². The van der Waals surface area contributed by atoms with Crippen LogP contribution < -0.4 is 5.32 Å². The highest BCUT2D eigenvalue weighted by atomic mass is 35.5. The largest absolute Gasteiger partial charge is 0.335 e. The van der Waals surface area contributed by atoms with Gasteiger partial charge >= 0.3 is 0 Å². The van der Waals surface area contributed by atoms with Crippen molar-refractivity contribution in [1.29, 1.82) is 0 Å². The van der Waals surface area contributed by atoms with Gasteiger partial charge < -0.3 is 10.2 Å². The average Bonchev–Trinajstić information content (AvgIpc) is 2.49. The zero-order valence-corrected chi connectivity index (χ0v) is 12.7. The van der Waals surface area contributed by atoms with Gasteiger partial charge in [-0.05, 0) is 44.5 Å². The van der Waals surface area contributed by atoms with Crippen LogP contribution in [-0.2, 0) is 0 Å². The van der Waals surface area contributed by atoms with Crippen molar-refractivity contribution in [2.24, 2.45) is 0 Å². The van der Waals surface area contributed by atoms with E-state index in [0.29, 0.717) is 6.54 Å². The second-order valence-corrected chi connectivity index (χ2v) is 5.63. The number of hydrogen-bond acceptors (Lipinski definition) is 2. The second-order valence-electron chi connectivity index (χ2n) is 5.23. The molecule has 1 heterocycles. The minimum Gasteiger partial charge on any atom is -0.335 e. The molecule has 1 aliphatic heterocycles. The van der Waals surface area contributed by atoms with Crippen LogP contribution in [0.15, 0.2) is 12.1 Å². The smallest absolute Gasteiger partial charge is 0.257 e. The van der Waals surface area contributed by atoms with Gasteiger partial charge in [0, 0.05) is 12.6 Å². The molecule has 1 aromatic carbocycles. The first-order valence-electron chi connectivity index (χ1n) is 7.20. The molecule has 0 atom stereocenters. The summed E-state index contributed by atoms with van der Waals surface area (Å²) in [5.41, 5.74) is -0.246. The number of carbonyl (C=O) groups is 1. The first kappa shape index (κ1) is 16.2. The summed E-state index contributed by atoms with van der Waals surface area (Å²) in [6, 6.07) is 1.82. The fourth-order valence-electron chi connectivity index (χ4n) is 2.65. The number of nitrogens with zero attached hydrogens (tertiary/aromatic N) is 1. The molecule has 0 radical (unpaired) electrons. The van der Waals surface area contributed by atoms with Crippen LogP contribution in [-0.4, -0.2) is 36.5 Å². The molecule has 1 aromatic rings. The lowest BCUT2D eigenvalue weighted by Gasteiger charge is -2.34. The molecule has 1 saturated heterocycles. The van der Waals surface area contributed by atoms with E-state index in [9.17, 15) is 13.6 Å². The molecule has 0 aromatic heterocycles. The summed E-state index contributed by atoms with van der Waals surface area (Å²) < 4.78 is 27.5. The van der Waals surface area contributed by atoms with Gasteiger partial charge in [0.1, 0.15) is 11.6 Å². The molecule has 21 heavy (non-hydrogen) atoms. The summed E-state index contributed by atoms with van der Waals surface area (Å²) in [4.78, 5) is 14.2. The van der Waals surface area contributed by atoms with E-state index in [1.165, 1.54) is 0 Å². The van der Waals surface area contributed by atoms with Crippen molar-refractivity contribution in [2.45, 2.75) is 32.2 Å². The monoisotopic (exact) mass is 316 g/mol. The van der Waals surface area contributed by atoms with E-state index in [4.69, 9.17) is 11.6 Å². The molecule has 6 heteroatoms. The van der Waals surface area contributed by atoms with E-state index in [2.05, 4.69) is 5.32 Å². The molecule has 1 fully saturated rings. The standard InChI is InChI=1S/C15H19ClF2N2O/c1-2-7-20(10-3-5-19-6-4-10)15(21)11-8-14(18)12(16)9-13(11)17/h8-10,19H,2-7H2,1H3. The van der Waals surface area contributed by atoms with Crippen LogP contribution in [0.4, 0.5) is 8.78 Å². The zero-order valence-electron chi connectivity index (χ0n) is 12.0. The van der Waals surface area contributed by atoms with Crippen molar-refractivity contribution in [1.82, 2.24) is 10.2 Å². The number of halogens is 3. The lowest BCUT2D eigenvalue weighted by molar-refractivity contribution is 0.0637. The van der Waals surface area contributed by atoms with Crippen LogP contribution in [0, 0.1) is 11.6 Å². The Kier molecular flexibility index (Phi) is 5.53. The van der Waals surface area contributed by atoms with Crippen LogP contribution in [0.3, 0.4) is 0 Å². The van der Waals surface area contributed by atoms with Gasteiger partial charge in [0.05, 0.1) is 10.6 Å². The normalized spacial score (nSPS) is 16.0. The number of piperidine rings is 1. The Morgan fingerprint density at radius 1 is 1.33 bits per heavy atom. The molecule has 1 amide bonds. The Hall–Kier alpha value is -1.20. The van der Waals surface area contributed by atoms with Crippen LogP contribution in [0.1, 0.15) is 36.5 Å². The SMILES string of the molecule is CCCN(C(=O)c1cc(F)c(Cl)cc1F)C1CCNCC1. The van der Waals surface area contributed by atoms with E-state index in [1.807, 2.05) is 6.92 Å². The Labute approximate surface area is 128 Å². The first-order chi connectivity index (χ1) is 10.0. The Morgan fingerprint density at radius 3 is 2.62 bits per heavy atom. The predicted molar refractivity (Wildman–Crippen MR) is 78.6 cm³/mol. The van der Waals surface area contributed by atoms with Gasteiger partial charge in [0.2, 0.25) is 0 Å². The summed E-state index contributed by atoms with van der Waals surface area (Å²) in [6.07, 6.45) is 2.42. The zero-order chi connectivity index (χ0) is 15.4. The number of carbonyl (C=O) groups excluding carboxylic acids is 1. The Morgan fingerprint density at radius 2 is 2.00 bits per heavy atom. The molecule has 0 spiro atoms. The van der Waals surface area contributed by atoms with Crippen molar-refractivity contribution >= 4 is 17.5 Å². The van der Waals surface area contributed by atoms with Crippen molar-refractivity contribution in [2.75, 3.05) is 19.6 Å². The minimum absolute atomic E-state index is 0.0665. The second kappa shape index (κ2) is 7.18. The number of benzene rings is 1. The third kappa shape index (κ3) is 3.71. The maximum atomic E-state index is 13.9. The summed E-state index contributed by atoms with van der Waals surface area (Å²) in [7, 11) is 0. The van der Waals surface area contributed by atoms with E-state index < -0.39 is 17.5 Å². The van der Waals surface area contributed by atoms with Crippen LogP contribution in [0.5, 0.6) is 0 Å². The lowest BCUT2D eigenvalue weighted by Crippen LogP contribution is -2.46. The molecule has 116 valence electrons. The molecule has 0 unspecified atom stereocenters. The topological polar surface area (TPSA) is 32.3 Å². The Bertz CT molecular complexity index is 519. The minimum atomic E-state index is -0.776. The maximum absolute atomic E-state index is 13.9. The fourth-order valence-corrected chi connectivity index (χ4v) is 2.80. The summed E-state index contributed by atoms with van der Waals surface area (Å²) in [6.45, 7) is 4.15. The van der Waals surface area contributed by atoms with Crippen LogP contribution in [0.25, 0.3) is 0 Å². The molecular formula is C15H19ClF2N2O. The number of amides is 1. The molecule has 1 N–H and O–H groups in total. The first-order valence-corrected chi connectivity index (χ1v) is 7.58. The van der Waals surface area contributed by atoms with Gasteiger partial charge in [-0.2, -0.15) is 0 Å². The van der Waals surface area contributed by atoms with Gasteiger partial charge in [0.15, 0.2) is 0 Å². The van der Waals surface area contributed by atoms with E-state index >= 15 is 0 Å². The number of rotatable bonds is 4. The van der Waals surface area contributed by atoms with Crippen molar-refractivity contribution < 1.29 is 13.6 Å². The van der Waals surface area contributed by atoms with Crippen molar-refractivity contribution in [3.05, 3.63) is 34.4 Å². The molecule has 2 rings (SSSR count). The van der Waals surface area contributed by atoms with Gasteiger partial charge in [-0.3, -0.25) is 4.79 Å². The van der Waals surface area contributed by atoms with Crippen LogP contribution in [0.2, 0.25) is 5.02 Å². The molecular weight excluding hydrogens is 298 g/mol. The van der Waals surface area contributed by atoms with Crippen molar-refractivity contribution in [3.8, 4) is 0 Å². The van der Waals surface area contributed by atoms with E-state index in [1.54, 1.807) is 4.90 Å². The third-order valence-corrected chi connectivity index (χ3v) is 4.00. The van der Waals surface area contributed by atoms with Gasteiger partial charge in [-0.1, -0.05) is 18.5 Å². The maximum Gasteiger partial charge on any atom is 0.257 e. The molecule has 0 saturated carbocycles. The quantitative estimate of drug-likeness (QED) is 0.865. The molecule has 1 aliphatic rings. The highest BCUT2D eigenvalue weighted by molar-refractivity contribution is 6.30. The summed E-state index contributed by atoms with van der Waals surface area (Å²) >= 11 is 5.53. The lowest BCUT2D eigenvalue weighted by atomic mass is 10.0.